The van der Waals surface area contributed by atoms with Crippen LogP contribution >= 0.6 is 11.6 Å². The number of alkyl halides is 1. The van der Waals surface area contributed by atoms with Gasteiger partial charge in [-0.2, -0.15) is 0 Å². The van der Waals surface area contributed by atoms with Gasteiger partial charge in [-0.15, -0.1) is 21.8 Å². The van der Waals surface area contributed by atoms with Crippen molar-refractivity contribution in [1.82, 2.24) is 0 Å². The lowest BCUT2D eigenvalue weighted by Gasteiger charge is -2.21. The van der Waals surface area contributed by atoms with Crippen molar-refractivity contribution in [2.75, 3.05) is 0 Å². The summed E-state index contributed by atoms with van der Waals surface area (Å²) in [7, 11) is 0. The molecule has 0 unspecified atom stereocenters. The van der Waals surface area contributed by atoms with Gasteiger partial charge in [0.15, 0.2) is 16.5 Å². The Balaban J connectivity index is 3.12. The molecule has 0 atom stereocenters. The first-order valence-corrected chi connectivity index (χ1v) is 3.75. The Kier molecular flexibility index (Phi) is 2.27. The molecule has 1 rings (SSSR count). The number of hydrogen-bond acceptors (Lipinski definition) is 6. The van der Waals surface area contributed by atoms with Gasteiger partial charge in [0.2, 0.25) is 0 Å². The average Bonchev–Trinajstić information content (AvgIpc) is 2.19. The molecule has 0 aliphatic carbocycles. The van der Waals surface area contributed by atoms with Crippen molar-refractivity contribution in [3.8, 4) is 0 Å². The topological polar surface area (TPSA) is 101 Å². The monoisotopic (exact) mass is 188 g/mol. The van der Waals surface area contributed by atoms with Crippen LogP contribution in [0.15, 0.2) is 20.6 Å². The Hall–Kier alpha value is -1.17. The van der Waals surface area contributed by atoms with E-state index >= 15 is 0 Å². The molecule has 0 fully saturated rings. The molecule has 0 radical (unpaired) electrons. The summed E-state index contributed by atoms with van der Waals surface area (Å²) in [5.74, 6) is 0.239. The van der Waals surface area contributed by atoms with Crippen molar-refractivity contribution in [2.24, 2.45) is 32.1 Å². The Morgan fingerprint density at radius 2 is 1.67 bits per heavy atom. The molecule has 1 heterocycles. The van der Waals surface area contributed by atoms with Crippen LogP contribution in [-0.2, 0) is 0 Å². The van der Waals surface area contributed by atoms with Crippen LogP contribution in [-0.4, -0.2) is 16.5 Å². The zero-order valence-corrected chi connectivity index (χ0v) is 7.28. The maximum atomic E-state index is 6.03. The minimum atomic E-state index is -1.04. The van der Waals surface area contributed by atoms with E-state index in [0.29, 0.717) is 6.42 Å². The standard InChI is InChI=1S/C5H9ClN6/c1-2-5(6)3(7)9-11-12-10-4(5)8/h2H2,1H3,(H2,7,9,12)(H2,8,10,11). The molecule has 0 spiro atoms. The highest BCUT2D eigenvalue weighted by Gasteiger charge is 2.36. The summed E-state index contributed by atoms with van der Waals surface area (Å²) in [4.78, 5) is -1.04. The van der Waals surface area contributed by atoms with Gasteiger partial charge in [-0.25, -0.2) is 0 Å². The van der Waals surface area contributed by atoms with Crippen molar-refractivity contribution in [2.45, 2.75) is 18.2 Å². The molecule has 66 valence electrons. The molecule has 0 bridgehead atoms. The summed E-state index contributed by atoms with van der Waals surface area (Å²) in [5.41, 5.74) is 11.0. The van der Waals surface area contributed by atoms with E-state index in [1.165, 1.54) is 0 Å². The molecule has 7 heteroatoms. The smallest absolute Gasteiger partial charge is 0.162 e. The zero-order valence-electron chi connectivity index (χ0n) is 6.53. The van der Waals surface area contributed by atoms with E-state index in [0.717, 1.165) is 0 Å². The first-order valence-electron chi connectivity index (χ1n) is 3.37. The third-order valence-corrected chi connectivity index (χ3v) is 2.30. The molecule has 4 N–H and O–H groups in total. The van der Waals surface area contributed by atoms with Gasteiger partial charge in [0.1, 0.15) is 0 Å². The summed E-state index contributed by atoms with van der Waals surface area (Å²) < 4.78 is 0. The van der Waals surface area contributed by atoms with Crippen molar-refractivity contribution in [1.29, 1.82) is 0 Å². The first kappa shape index (κ1) is 8.92. The van der Waals surface area contributed by atoms with E-state index in [1.807, 2.05) is 6.92 Å². The second-order valence-corrected chi connectivity index (χ2v) is 2.95. The van der Waals surface area contributed by atoms with Gasteiger partial charge < -0.3 is 11.5 Å². The minimum absolute atomic E-state index is 0.120. The van der Waals surface area contributed by atoms with E-state index in [2.05, 4.69) is 20.6 Å². The molecule has 6 nitrogen and oxygen atoms in total. The summed E-state index contributed by atoms with van der Waals surface area (Å²) >= 11 is 6.03. The lowest BCUT2D eigenvalue weighted by molar-refractivity contribution is 0.874. The van der Waals surface area contributed by atoms with E-state index in [9.17, 15) is 0 Å². The molecular formula is C5H9ClN6. The van der Waals surface area contributed by atoms with Gasteiger partial charge in [0, 0.05) is 0 Å². The Morgan fingerprint density at radius 3 is 2.00 bits per heavy atom. The fraction of sp³-hybridized carbons (Fsp3) is 0.600. The van der Waals surface area contributed by atoms with Crippen molar-refractivity contribution in [3.63, 3.8) is 0 Å². The van der Waals surface area contributed by atoms with Gasteiger partial charge in [0.25, 0.3) is 0 Å². The normalized spacial score (nSPS) is 21.2. The largest absolute Gasteiger partial charge is 0.384 e. The van der Waals surface area contributed by atoms with Crippen LogP contribution < -0.4 is 11.5 Å². The van der Waals surface area contributed by atoms with Crippen LogP contribution in [0.1, 0.15) is 13.3 Å². The van der Waals surface area contributed by atoms with Crippen LogP contribution in [0.4, 0.5) is 0 Å². The van der Waals surface area contributed by atoms with Gasteiger partial charge in [-0.1, -0.05) is 6.92 Å². The zero-order chi connectivity index (χ0) is 9.19. The molecule has 0 amide bonds. The van der Waals surface area contributed by atoms with Gasteiger partial charge in [0.05, 0.1) is 0 Å². The number of nitrogens with zero attached hydrogens (tertiary/aromatic N) is 4. The van der Waals surface area contributed by atoms with E-state index in [-0.39, 0.29) is 11.7 Å². The van der Waals surface area contributed by atoms with Crippen LogP contribution in [0.2, 0.25) is 0 Å². The summed E-state index contributed by atoms with van der Waals surface area (Å²) in [5, 5.41) is 13.6. The third-order valence-electron chi connectivity index (χ3n) is 1.64. The van der Waals surface area contributed by atoms with Crippen LogP contribution in [0, 0.1) is 0 Å². The second-order valence-electron chi connectivity index (χ2n) is 2.30. The summed E-state index contributed by atoms with van der Waals surface area (Å²) in [6.07, 6.45) is 0.490. The Morgan fingerprint density at radius 1 is 1.25 bits per heavy atom. The van der Waals surface area contributed by atoms with Crippen LogP contribution in [0.3, 0.4) is 0 Å². The Labute approximate surface area is 74.4 Å². The fourth-order valence-electron chi connectivity index (χ4n) is 0.788. The SMILES string of the molecule is CCC1(Cl)C(N)=NN=NN=C1N. The molecule has 0 aromatic heterocycles. The number of rotatable bonds is 1. The maximum absolute atomic E-state index is 6.03. The van der Waals surface area contributed by atoms with Crippen LogP contribution in [0.5, 0.6) is 0 Å². The number of amidine groups is 2. The van der Waals surface area contributed by atoms with Crippen molar-refractivity contribution in [3.05, 3.63) is 0 Å². The minimum Gasteiger partial charge on any atom is -0.384 e. The predicted molar refractivity (Wildman–Crippen MR) is 47.0 cm³/mol. The van der Waals surface area contributed by atoms with E-state index in [1.54, 1.807) is 0 Å². The first-order chi connectivity index (χ1) is 5.61. The maximum Gasteiger partial charge on any atom is 0.162 e. The molecule has 1 aliphatic rings. The summed E-state index contributed by atoms with van der Waals surface area (Å²) in [6.45, 7) is 1.82. The highest BCUT2D eigenvalue weighted by atomic mass is 35.5. The highest BCUT2D eigenvalue weighted by molar-refractivity contribution is 6.47. The van der Waals surface area contributed by atoms with Gasteiger partial charge in [-0.05, 0) is 16.9 Å². The van der Waals surface area contributed by atoms with Crippen molar-refractivity contribution < 1.29 is 0 Å². The van der Waals surface area contributed by atoms with Gasteiger partial charge >= 0.3 is 0 Å². The second kappa shape index (κ2) is 3.06. The number of halogens is 1. The quantitative estimate of drug-likeness (QED) is 0.582. The predicted octanol–water partition coefficient (Wildman–Crippen LogP) is 0.384. The Bertz CT molecular complexity index is 245. The van der Waals surface area contributed by atoms with Gasteiger partial charge in [-0.3, -0.25) is 0 Å². The number of nitrogens with two attached hydrogens (primary N) is 2. The molecule has 0 aromatic carbocycles. The highest BCUT2D eigenvalue weighted by Crippen LogP contribution is 2.21. The fourth-order valence-corrected chi connectivity index (χ4v) is 0.864. The van der Waals surface area contributed by atoms with E-state index < -0.39 is 4.87 Å². The molecule has 12 heavy (non-hydrogen) atoms. The molecule has 1 aliphatic heterocycles. The van der Waals surface area contributed by atoms with Crippen molar-refractivity contribution >= 4 is 23.3 Å². The average molecular weight is 189 g/mol. The third kappa shape index (κ3) is 1.25. The lowest BCUT2D eigenvalue weighted by atomic mass is 10.0. The van der Waals surface area contributed by atoms with E-state index in [4.69, 9.17) is 23.1 Å². The molecule has 0 saturated carbocycles. The number of hydrogen-bond donors (Lipinski definition) is 2. The molecular weight excluding hydrogens is 180 g/mol. The molecule has 0 aromatic rings. The van der Waals surface area contributed by atoms with Crippen LogP contribution in [0.25, 0.3) is 0 Å². The lowest BCUT2D eigenvalue weighted by Crippen LogP contribution is -2.48. The molecule has 0 saturated heterocycles. The summed E-state index contributed by atoms with van der Waals surface area (Å²) in [6, 6.07) is 0.